The summed E-state index contributed by atoms with van der Waals surface area (Å²) in [4.78, 5) is 11.4. The highest BCUT2D eigenvalue weighted by atomic mass is 32.2. The Bertz CT molecular complexity index is 1270. The molecule has 1 amide bonds. The number of carbonyl (C=O) groups excluding carboxylic acids is 1. The molecular weight excluding hydrogens is 499 g/mol. The van der Waals surface area contributed by atoms with Crippen molar-refractivity contribution >= 4 is 31.5 Å². The van der Waals surface area contributed by atoms with Crippen LogP contribution in [-0.2, 0) is 25.9 Å². The van der Waals surface area contributed by atoms with Crippen molar-refractivity contribution < 1.29 is 40.5 Å². The molecule has 1 fully saturated rings. The van der Waals surface area contributed by atoms with E-state index in [-0.39, 0.29) is 36.6 Å². The molecule has 0 aliphatic carbocycles. The Morgan fingerprint density at radius 2 is 1.65 bits per heavy atom. The van der Waals surface area contributed by atoms with E-state index in [2.05, 4.69) is 5.87 Å². The monoisotopic (exact) mass is 521 g/mol. The maximum Gasteiger partial charge on any atom is 0.416 e. The average molecular weight is 522 g/mol. The first-order chi connectivity index (χ1) is 15.7. The van der Waals surface area contributed by atoms with Gasteiger partial charge in [-0.3, -0.25) is 15.1 Å². The zero-order valence-corrected chi connectivity index (χ0v) is 19.3. The fourth-order valence-corrected chi connectivity index (χ4v) is 6.14. The van der Waals surface area contributed by atoms with E-state index in [1.165, 1.54) is 29.7 Å². The summed E-state index contributed by atoms with van der Waals surface area (Å²) in [5, 5.41) is 14.6. The molecule has 0 bridgehead atoms. The number of ether oxygens (including phenoxy) is 1. The number of piperidine rings is 1. The second-order valence-corrected chi connectivity index (χ2v) is 11.3. The zero-order chi connectivity index (χ0) is 25.3. The van der Waals surface area contributed by atoms with Gasteiger partial charge in [-0.1, -0.05) is 6.07 Å². The number of hydrogen-bond acceptors (Lipinski definition) is 6. The number of benzene rings is 2. The molecule has 0 spiro atoms. The van der Waals surface area contributed by atoms with E-state index >= 15 is 0 Å². The van der Waals surface area contributed by atoms with Crippen molar-refractivity contribution in [3.63, 3.8) is 0 Å². The Balaban J connectivity index is 1.78. The van der Waals surface area contributed by atoms with Crippen LogP contribution in [-0.4, -0.2) is 53.1 Å². The normalized spacial score (nSPS) is 17.7. The first-order valence-corrected chi connectivity index (χ1v) is 13.0. The lowest BCUT2D eigenvalue weighted by Crippen LogP contribution is -2.42. The fourth-order valence-electron chi connectivity index (χ4n) is 3.54. The maximum atomic E-state index is 13.3. The average Bonchev–Trinajstić information content (AvgIpc) is 2.77. The predicted molar refractivity (Wildman–Crippen MR) is 117 cm³/mol. The van der Waals surface area contributed by atoms with Crippen LogP contribution in [0.15, 0.2) is 52.3 Å². The third-order valence-electron chi connectivity index (χ3n) is 5.19. The number of rotatable bonds is 6. The van der Waals surface area contributed by atoms with Crippen LogP contribution >= 0.6 is 0 Å². The molecular formula is C20H22F3N3O6S2. The van der Waals surface area contributed by atoms with Crippen molar-refractivity contribution in [3.8, 4) is 5.75 Å². The minimum Gasteiger partial charge on any atom is -0.490 e. The number of nitrogens with one attached hydrogen (secondary N) is 1. The van der Waals surface area contributed by atoms with Crippen LogP contribution in [0.1, 0.15) is 28.8 Å². The highest BCUT2D eigenvalue weighted by molar-refractivity contribution is 7.98. The summed E-state index contributed by atoms with van der Waals surface area (Å²) in [6.45, 7) is -0.0269. The third-order valence-corrected chi connectivity index (χ3v) is 8.22. The van der Waals surface area contributed by atoms with Gasteiger partial charge in [0, 0.05) is 13.1 Å². The number of sulfonamides is 1. The number of hydrogen-bond donors (Lipinski definition) is 3. The highest BCUT2D eigenvalue weighted by Crippen LogP contribution is 2.32. The Morgan fingerprint density at radius 1 is 1.09 bits per heavy atom. The topological polar surface area (TPSA) is 139 Å². The number of nitrogens with two attached hydrogens (primary N) is 1. The fraction of sp³-hybridized carbons (Fsp3) is 0.300. The van der Waals surface area contributed by atoms with Gasteiger partial charge in [0.25, 0.3) is 5.91 Å². The summed E-state index contributed by atoms with van der Waals surface area (Å²) >= 11 is 0. The molecule has 34 heavy (non-hydrogen) atoms. The summed E-state index contributed by atoms with van der Waals surface area (Å²) in [7, 11) is -7.78. The van der Waals surface area contributed by atoms with Gasteiger partial charge in [-0.2, -0.15) is 17.5 Å². The Labute approximate surface area is 194 Å². The van der Waals surface area contributed by atoms with E-state index in [9.17, 15) is 30.6 Å². The van der Waals surface area contributed by atoms with Crippen LogP contribution in [0.5, 0.6) is 5.75 Å². The molecule has 2 aromatic carbocycles. The minimum atomic E-state index is -4.47. The molecule has 0 radical (unpaired) electrons. The molecule has 1 aliphatic rings. The molecule has 2 aromatic rings. The van der Waals surface area contributed by atoms with E-state index < -0.39 is 53.9 Å². The SMILES string of the molecule is C=S(N)(=O)c1cccc(S(=O)(=O)N2CCC(Oc3ccc(C(F)(F)F)cc3)CC2)c1C(=O)NO. The van der Waals surface area contributed by atoms with E-state index in [1.54, 1.807) is 0 Å². The number of nitrogens with zero attached hydrogens (tertiary/aromatic N) is 1. The van der Waals surface area contributed by atoms with Crippen LogP contribution < -0.4 is 15.4 Å². The molecule has 3 rings (SSSR count). The molecule has 1 aliphatic heterocycles. The maximum absolute atomic E-state index is 13.3. The first kappa shape index (κ1) is 26.0. The van der Waals surface area contributed by atoms with Gasteiger partial charge in [0.15, 0.2) is 0 Å². The lowest BCUT2D eigenvalue weighted by Gasteiger charge is -2.32. The molecule has 1 unspecified atom stereocenters. The standard InChI is InChI=1S/C20H22F3N3O6S2/c1-33(24,29)16-3-2-4-17(18(16)19(27)25-28)34(30,31)26-11-9-15(10-12-26)32-14-7-5-13(6-8-14)20(21,22)23/h2-8,15,28H,1,9-12H2,(H2,24,29)(H,25,27). The highest BCUT2D eigenvalue weighted by Gasteiger charge is 2.35. The van der Waals surface area contributed by atoms with E-state index in [1.807, 2.05) is 0 Å². The number of carbonyl (C=O) groups is 1. The largest absolute Gasteiger partial charge is 0.490 e. The van der Waals surface area contributed by atoms with Crippen LogP contribution in [0, 0.1) is 0 Å². The molecule has 186 valence electrons. The Morgan fingerprint density at radius 3 is 2.15 bits per heavy atom. The summed E-state index contributed by atoms with van der Waals surface area (Å²) < 4.78 is 83.7. The Kier molecular flexibility index (Phi) is 7.28. The van der Waals surface area contributed by atoms with Crippen molar-refractivity contribution in [1.29, 1.82) is 0 Å². The van der Waals surface area contributed by atoms with Crippen molar-refractivity contribution in [1.82, 2.24) is 9.79 Å². The van der Waals surface area contributed by atoms with Crippen molar-refractivity contribution in [2.45, 2.75) is 34.9 Å². The van der Waals surface area contributed by atoms with Crippen molar-refractivity contribution in [2.75, 3.05) is 13.1 Å². The first-order valence-electron chi connectivity index (χ1n) is 9.81. The molecule has 9 nitrogen and oxygen atoms in total. The number of halogens is 3. The van der Waals surface area contributed by atoms with Gasteiger partial charge in [-0.25, -0.2) is 18.1 Å². The van der Waals surface area contributed by atoms with Gasteiger partial charge in [-0.05, 0) is 55.1 Å². The molecule has 1 heterocycles. The number of hydroxylamine groups is 1. The lowest BCUT2D eigenvalue weighted by atomic mass is 10.1. The van der Waals surface area contributed by atoms with Gasteiger partial charge in [0.2, 0.25) is 10.0 Å². The summed E-state index contributed by atoms with van der Waals surface area (Å²) in [6.07, 6.45) is -4.46. The van der Waals surface area contributed by atoms with Gasteiger partial charge >= 0.3 is 6.18 Å². The van der Waals surface area contributed by atoms with Crippen molar-refractivity contribution in [3.05, 3.63) is 53.6 Å². The molecule has 0 aromatic heterocycles. The number of amides is 1. The summed E-state index contributed by atoms with van der Waals surface area (Å²) in [5.41, 5.74) is -0.0487. The zero-order valence-electron chi connectivity index (χ0n) is 17.6. The smallest absolute Gasteiger partial charge is 0.416 e. The molecule has 4 N–H and O–H groups in total. The summed E-state index contributed by atoms with van der Waals surface area (Å²) in [5.74, 6) is 2.29. The van der Waals surface area contributed by atoms with Crippen molar-refractivity contribution in [2.24, 2.45) is 5.14 Å². The second-order valence-electron chi connectivity index (χ2n) is 7.54. The molecule has 0 saturated carbocycles. The van der Waals surface area contributed by atoms with Gasteiger partial charge in [0.05, 0.1) is 30.6 Å². The minimum absolute atomic E-state index is 0.0135. The Hall–Kier alpha value is -2.65. The van der Waals surface area contributed by atoms with Crippen LogP contribution in [0.4, 0.5) is 13.2 Å². The van der Waals surface area contributed by atoms with E-state index in [0.717, 1.165) is 22.5 Å². The molecule has 1 saturated heterocycles. The molecule has 14 heteroatoms. The predicted octanol–water partition coefficient (Wildman–Crippen LogP) is 2.01. The number of alkyl halides is 3. The van der Waals surface area contributed by atoms with E-state index in [4.69, 9.17) is 15.1 Å². The van der Waals surface area contributed by atoms with E-state index in [0.29, 0.717) is 0 Å². The quantitative estimate of drug-likeness (QED) is 0.302. The van der Waals surface area contributed by atoms with Crippen LogP contribution in [0.25, 0.3) is 0 Å². The lowest BCUT2D eigenvalue weighted by molar-refractivity contribution is -0.137. The molecule has 1 atom stereocenters. The van der Waals surface area contributed by atoms with Crippen LogP contribution in [0.2, 0.25) is 0 Å². The van der Waals surface area contributed by atoms with Gasteiger partial charge < -0.3 is 4.74 Å². The third kappa shape index (κ3) is 5.52. The van der Waals surface area contributed by atoms with Gasteiger partial charge in [-0.15, -0.1) is 0 Å². The second kappa shape index (κ2) is 9.54. The van der Waals surface area contributed by atoms with Crippen LogP contribution in [0.3, 0.4) is 0 Å². The van der Waals surface area contributed by atoms with Gasteiger partial charge in [0.1, 0.15) is 11.9 Å². The summed E-state index contributed by atoms with van der Waals surface area (Å²) in [6, 6.07) is 7.75.